The Kier molecular flexibility index (Phi) is 1.39. The van der Waals surface area contributed by atoms with Crippen LogP contribution in [0, 0.1) is 5.41 Å². The molecule has 2 nitrogen and oxygen atoms in total. The quantitative estimate of drug-likeness (QED) is 0.520. The first-order chi connectivity index (χ1) is 4.20. The molecule has 1 aliphatic heterocycles. The Bertz CT molecular complexity index is 181. The lowest BCUT2D eigenvalue weighted by Crippen LogP contribution is -2.14. The van der Waals surface area contributed by atoms with E-state index in [0.29, 0.717) is 18.9 Å². The molecule has 1 saturated heterocycles. The van der Waals surface area contributed by atoms with Gasteiger partial charge in [0.1, 0.15) is 6.61 Å². The molecule has 1 rings (SSSR count). The summed E-state index contributed by atoms with van der Waals surface area (Å²) in [5, 5.41) is 7.08. The smallest absolute Gasteiger partial charge is 0.185 e. The van der Waals surface area contributed by atoms with Crippen molar-refractivity contribution in [3.63, 3.8) is 0 Å². The fourth-order valence-electron chi connectivity index (χ4n) is 0.646. The van der Waals surface area contributed by atoms with Crippen molar-refractivity contribution in [3.8, 4) is 0 Å². The van der Waals surface area contributed by atoms with Crippen LogP contribution in [0.3, 0.4) is 0 Å². The highest BCUT2D eigenvalue weighted by atomic mass is 16.5. The van der Waals surface area contributed by atoms with Gasteiger partial charge in [-0.1, -0.05) is 13.2 Å². The average Bonchev–Trinajstić information content (AvgIpc) is 1.80. The van der Waals surface area contributed by atoms with Crippen LogP contribution in [-0.2, 0) is 4.74 Å². The van der Waals surface area contributed by atoms with E-state index in [1.54, 1.807) is 0 Å². The Hall–Kier alpha value is -1.05. The van der Waals surface area contributed by atoms with Crippen LogP contribution < -0.4 is 0 Å². The minimum absolute atomic E-state index is 0.299. The predicted octanol–water partition coefficient (Wildman–Crippen LogP) is 1.50. The highest BCUT2D eigenvalue weighted by Crippen LogP contribution is 2.16. The second-order valence-corrected chi connectivity index (χ2v) is 2.10. The molecule has 1 N–H and O–H groups in total. The maximum atomic E-state index is 7.08. The van der Waals surface area contributed by atoms with Gasteiger partial charge < -0.3 is 4.74 Å². The van der Waals surface area contributed by atoms with Crippen LogP contribution in [0.5, 0.6) is 0 Å². The molecule has 0 atom stereocenters. The van der Waals surface area contributed by atoms with E-state index in [2.05, 4.69) is 13.2 Å². The zero-order valence-electron chi connectivity index (χ0n) is 5.24. The van der Waals surface area contributed by atoms with Gasteiger partial charge in [-0.05, 0) is 11.1 Å². The first-order valence-corrected chi connectivity index (χ1v) is 2.76. The second-order valence-electron chi connectivity index (χ2n) is 2.10. The van der Waals surface area contributed by atoms with Crippen LogP contribution in [0.15, 0.2) is 24.3 Å². The summed E-state index contributed by atoms with van der Waals surface area (Å²) in [6, 6.07) is 0. The number of ether oxygens (including phenoxy) is 1. The largest absolute Gasteiger partial charge is 0.476 e. The molecule has 1 fully saturated rings. The van der Waals surface area contributed by atoms with Gasteiger partial charge in [-0.15, -0.1) is 0 Å². The van der Waals surface area contributed by atoms with Crippen molar-refractivity contribution in [1.82, 2.24) is 0 Å². The van der Waals surface area contributed by atoms with Gasteiger partial charge in [-0.3, -0.25) is 5.41 Å². The van der Waals surface area contributed by atoms with Gasteiger partial charge in [0.25, 0.3) is 0 Å². The van der Waals surface area contributed by atoms with Crippen molar-refractivity contribution in [2.75, 3.05) is 6.61 Å². The molecule has 0 saturated carbocycles. The van der Waals surface area contributed by atoms with E-state index in [4.69, 9.17) is 10.1 Å². The molecule has 0 aliphatic carbocycles. The number of hydrogen-bond acceptors (Lipinski definition) is 2. The monoisotopic (exact) mass is 123 g/mol. The first kappa shape index (κ1) is 6.08. The van der Waals surface area contributed by atoms with E-state index in [1.807, 2.05) is 0 Å². The molecule has 0 aromatic heterocycles. The molecule has 0 aromatic rings. The van der Waals surface area contributed by atoms with Crippen molar-refractivity contribution >= 4 is 5.90 Å². The Labute approximate surface area is 54.3 Å². The molecule has 0 bridgehead atoms. The number of hydrogen-bond donors (Lipinski definition) is 1. The Morgan fingerprint density at radius 1 is 1.33 bits per heavy atom. The minimum atomic E-state index is 0.299. The van der Waals surface area contributed by atoms with Crippen LogP contribution in [-0.4, -0.2) is 12.5 Å². The van der Waals surface area contributed by atoms with Gasteiger partial charge in [0.05, 0.1) is 0 Å². The molecule has 0 spiro atoms. The van der Waals surface area contributed by atoms with Crippen molar-refractivity contribution < 1.29 is 4.74 Å². The van der Waals surface area contributed by atoms with E-state index >= 15 is 0 Å². The zero-order chi connectivity index (χ0) is 6.85. The van der Waals surface area contributed by atoms with Gasteiger partial charge >= 0.3 is 0 Å². The summed E-state index contributed by atoms with van der Waals surface area (Å²) in [6.45, 7) is 7.88. The molecule has 2 heteroatoms. The third-order valence-electron chi connectivity index (χ3n) is 1.29. The molecule has 0 amide bonds. The average molecular weight is 123 g/mol. The Balaban J connectivity index is 2.64. The summed E-state index contributed by atoms with van der Waals surface area (Å²) in [4.78, 5) is 0. The maximum absolute atomic E-state index is 7.08. The summed E-state index contributed by atoms with van der Waals surface area (Å²) in [6.07, 6.45) is 0.527. The van der Waals surface area contributed by atoms with Gasteiger partial charge in [0.2, 0.25) is 0 Å². The summed E-state index contributed by atoms with van der Waals surface area (Å²) in [5.74, 6) is 0.299. The van der Waals surface area contributed by atoms with Gasteiger partial charge in [-0.2, -0.15) is 0 Å². The predicted molar refractivity (Wildman–Crippen MR) is 36.6 cm³/mol. The first-order valence-electron chi connectivity index (χ1n) is 2.76. The van der Waals surface area contributed by atoms with Gasteiger partial charge in [-0.25, -0.2) is 0 Å². The highest BCUT2D eigenvalue weighted by molar-refractivity contribution is 5.78. The van der Waals surface area contributed by atoms with Crippen molar-refractivity contribution in [2.24, 2.45) is 0 Å². The summed E-state index contributed by atoms with van der Waals surface area (Å²) in [5.41, 5.74) is 1.83. The van der Waals surface area contributed by atoms with Crippen molar-refractivity contribution in [2.45, 2.75) is 6.42 Å². The second kappa shape index (κ2) is 2.05. The normalized spacial score (nSPS) is 19.8. The van der Waals surface area contributed by atoms with Crippen molar-refractivity contribution in [3.05, 3.63) is 24.3 Å². The highest BCUT2D eigenvalue weighted by Gasteiger charge is 2.11. The number of rotatable bonds is 0. The fraction of sp³-hybridized carbons (Fsp3) is 0.286. The third-order valence-corrected chi connectivity index (χ3v) is 1.29. The minimum Gasteiger partial charge on any atom is -0.476 e. The topological polar surface area (TPSA) is 33.1 Å². The molecule has 9 heavy (non-hydrogen) atoms. The van der Waals surface area contributed by atoms with E-state index in [-0.39, 0.29) is 0 Å². The van der Waals surface area contributed by atoms with Crippen LogP contribution >= 0.6 is 0 Å². The fourth-order valence-corrected chi connectivity index (χ4v) is 0.646. The van der Waals surface area contributed by atoms with Crippen LogP contribution in [0.1, 0.15) is 6.42 Å². The molecule has 48 valence electrons. The standard InChI is InChI=1S/C7H9NO/c1-5-3-7(8)9-4-6(5)2/h8H,1-4H2. The molecular weight excluding hydrogens is 114 g/mol. The zero-order valence-corrected chi connectivity index (χ0v) is 5.24. The number of nitrogens with one attached hydrogen (secondary N) is 1. The summed E-state index contributed by atoms with van der Waals surface area (Å²) < 4.78 is 4.88. The van der Waals surface area contributed by atoms with Crippen LogP contribution in [0.2, 0.25) is 0 Å². The molecule has 0 unspecified atom stereocenters. The summed E-state index contributed by atoms with van der Waals surface area (Å²) in [7, 11) is 0. The van der Waals surface area contributed by atoms with E-state index < -0.39 is 0 Å². The Morgan fingerprint density at radius 2 is 2.00 bits per heavy atom. The van der Waals surface area contributed by atoms with Gasteiger partial charge in [0, 0.05) is 6.42 Å². The summed E-state index contributed by atoms with van der Waals surface area (Å²) >= 11 is 0. The maximum Gasteiger partial charge on any atom is 0.185 e. The third kappa shape index (κ3) is 1.19. The molecule has 1 heterocycles. The van der Waals surface area contributed by atoms with E-state index in [1.165, 1.54) is 0 Å². The van der Waals surface area contributed by atoms with Crippen LogP contribution in [0.4, 0.5) is 0 Å². The lowest BCUT2D eigenvalue weighted by Gasteiger charge is -2.17. The molecule has 0 aromatic carbocycles. The lowest BCUT2D eigenvalue weighted by molar-refractivity contribution is 0.318. The van der Waals surface area contributed by atoms with Crippen molar-refractivity contribution in [1.29, 1.82) is 5.41 Å². The SMILES string of the molecule is C=C1COC(=N)CC1=C. The molecule has 1 aliphatic rings. The van der Waals surface area contributed by atoms with Crippen LogP contribution in [0.25, 0.3) is 0 Å². The molecule has 0 radical (unpaired) electrons. The Morgan fingerprint density at radius 3 is 2.44 bits per heavy atom. The lowest BCUT2D eigenvalue weighted by atomic mass is 10.1. The van der Waals surface area contributed by atoms with Gasteiger partial charge in [0.15, 0.2) is 5.90 Å². The van der Waals surface area contributed by atoms with E-state index in [0.717, 1.165) is 11.1 Å². The van der Waals surface area contributed by atoms with E-state index in [9.17, 15) is 0 Å². The molecular formula is C7H9NO.